The first kappa shape index (κ1) is 8.56. The highest BCUT2D eigenvalue weighted by Crippen LogP contribution is 1.91. The molecule has 0 saturated heterocycles. The lowest BCUT2D eigenvalue weighted by molar-refractivity contribution is 0.716. The van der Waals surface area contributed by atoms with Gasteiger partial charge in [-0.15, -0.1) is 0 Å². The Balaban J connectivity index is 2.28. The van der Waals surface area contributed by atoms with Crippen LogP contribution in [0.3, 0.4) is 0 Å². The van der Waals surface area contributed by atoms with Gasteiger partial charge in [-0.3, -0.25) is 4.98 Å². The summed E-state index contributed by atoms with van der Waals surface area (Å²) in [5.41, 5.74) is 1.08. The van der Waals surface area contributed by atoms with Crippen LogP contribution in [0, 0.1) is 0 Å². The number of pyridine rings is 1. The molecule has 0 atom stereocenters. The molecule has 0 unspecified atom stereocenters. The number of hydrogen-bond acceptors (Lipinski definition) is 3. The van der Waals surface area contributed by atoms with Crippen molar-refractivity contribution in [1.82, 2.24) is 10.3 Å². The largest absolute Gasteiger partial charge is 0.310 e. The Morgan fingerprint density at radius 1 is 1.45 bits per heavy atom. The van der Waals surface area contributed by atoms with Crippen molar-refractivity contribution in [2.24, 2.45) is 0 Å². The van der Waals surface area contributed by atoms with Crippen molar-refractivity contribution < 1.29 is 0 Å². The average molecular weight is 168 g/mol. The van der Waals surface area contributed by atoms with Crippen LogP contribution in [0.1, 0.15) is 5.69 Å². The lowest BCUT2D eigenvalue weighted by Crippen LogP contribution is -2.16. The van der Waals surface area contributed by atoms with Crippen LogP contribution in [0.25, 0.3) is 0 Å². The van der Waals surface area contributed by atoms with Gasteiger partial charge >= 0.3 is 0 Å². The summed E-state index contributed by atoms with van der Waals surface area (Å²) in [6, 6.07) is 5.92. The van der Waals surface area contributed by atoms with Gasteiger partial charge in [-0.1, -0.05) is 6.07 Å². The van der Waals surface area contributed by atoms with Gasteiger partial charge in [0.2, 0.25) is 0 Å². The van der Waals surface area contributed by atoms with E-state index in [9.17, 15) is 0 Å². The fraction of sp³-hybridized carbons (Fsp3) is 0.375. The van der Waals surface area contributed by atoms with Gasteiger partial charge in [0.05, 0.1) is 5.69 Å². The van der Waals surface area contributed by atoms with Gasteiger partial charge < -0.3 is 5.32 Å². The Morgan fingerprint density at radius 3 is 3.00 bits per heavy atom. The van der Waals surface area contributed by atoms with E-state index in [-0.39, 0.29) is 0 Å². The van der Waals surface area contributed by atoms with Crippen molar-refractivity contribution in [1.29, 1.82) is 0 Å². The summed E-state index contributed by atoms with van der Waals surface area (Å²) in [5, 5.41) is 3.21. The summed E-state index contributed by atoms with van der Waals surface area (Å²) in [6.45, 7) is 1.76. The van der Waals surface area contributed by atoms with Crippen molar-refractivity contribution in [2.75, 3.05) is 12.3 Å². The summed E-state index contributed by atoms with van der Waals surface area (Å²) in [4.78, 5) is 4.16. The van der Waals surface area contributed by atoms with Crippen LogP contribution >= 0.6 is 12.6 Å². The Labute approximate surface area is 72.5 Å². The summed E-state index contributed by atoms with van der Waals surface area (Å²) >= 11 is 4.08. The standard InChI is InChI=1S/C8H12N2S/c11-6-5-9-7-8-3-1-2-4-10-8/h1-4,9,11H,5-7H2. The van der Waals surface area contributed by atoms with Crippen LogP contribution in [0.4, 0.5) is 0 Å². The van der Waals surface area contributed by atoms with E-state index < -0.39 is 0 Å². The molecule has 0 bridgehead atoms. The quantitative estimate of drug-likeness (QED) is 0.520. The molecule has 11 heavy (non-hydrogen) atoms. The van der Waals surface area contributed by atoms with Gasteiger partial charge in [0.1, 0.15) is 0 Å². The number of thiol groups is 1. The van der Waals surface area contributed by atoms with E-state index in [1.54, 1.807) is 6.20 Å². The summed E-state index contributed by atoms with van der Waals surface area (Å²) < 4.78 is 0. The zero-order valence-corrected chi connectivity index (χ0v) is 7.22. The maximum Gasteiger partial charge on any atom is 0.0541 e. The number of nitrogens with zero attached hydrogens (tertiary/aromatic N) is 1. The number of aromatic nitrogens is 1. The van der Waals surface area contributed by atoms with E-state index in [1.165, 1.54) is 0 Å². The molecule has 1 heterocycles. The third-order valence-electron chi connectivity index (χ3n) is 1.32. The van der Waals surface area contributed by atoms with Crippen molar-refractivity contribution in [3.8, 4) is 0 Å². The first-order chi connectivity index (χ1) is 5.43. The Bertz CT molecular complexity index is 189. The molecule has 0 saturated carbocycles. The normalized spacial score (nSPS) is 9.91. The average Bonchev–Trinajstić information content (AvgIpc) is 2.07. The predicted molar refractivity (Wildman–Crippen MR) is 49.8 cm³/mol. The van der Waals surface area contributed by atoms with Gasteiger partial charge in [-0.25, -0.2) is 0 Å². The van der Waals surface area contributed by atoms with Gasteiger partial charge in [0.15, 0.2) is 0 Å². The fourth-order valence-electron chi connectivity index (χ4n) is 0.798. The molecule has 0 aliphatic carbocycles. The topological polar surface area (TPSA) is 24.9 Å². The number of nitrogens with one attached hydrogen (secondary N) is 1. The van der Waals surface area contributed by atoms with Gasteiger partial charge in [0, 0.05) is 25.0 Å². The number of rotatable bonds is 4. The van der Waals surface area contributed by atoms with Crippen molar-refractivity contribution in [3.05, 3.63) is 30.1 Å². The monoisotopic (exact) mass is 168 g/mol. The van der Waals surface area contributed by atoms with E-state index in [2.05, 4.69) is 22.9 Å². The third kappa shape index (κ3) is 3.39. The minimum atomic E-state index is 0.835. The smallest absolute Gasteiger partial charge is 0.0541 e. The van der Waals surface area contributed by atoms with Crippen LogP contribution in [-0.4, -0.2) is 17.3 Å². The lowest BCUT2D eigenvalue weighted by atomic mass is 10.3. The molecule has 1 rings (SSSR count). The molecule has 0 spiro atoms. The second-order valence-electron chi connectivity index (χ2n) is 2.22. The third-order valence-corrected chi connectivity index (χ3v) is 1.54. The maximum absolute atomic E-state index is 4.16. The van der Waals surface area contributed by atoms with Crippen molar-refractivity contribution >= 4 is 12.6 Å². The van der Waals surface area contributed by atoms with E-state index in [1.807, 2.05) is 18.2 Å². The first-order valence-corrected chi connectivity index (χ1v) is 4.28. The molecule has 2 nitrogen and oxygen atoms in total. The molecule has 1 aromatic rings. The summed E-state index contributed by atoms with van der Waals surface area (Å²) in [7, 11) is 0. The first-order valence-electron chi connectivity index (χ1n) is 3.65. The molecule has 0 radical (unpaired) electrons. The number of hydrogen-bond donors (Lipinski definition) is 2. The summed E-state index contributed by atoms with van der Waals surface area (Å²) in [5.74, 6) is 0.868. The van der Waals surface area contributed by atoms with Gasteiger partial charge in [-0.05, 0) is 12.1 Å². The van der Waals surface area contributed by atoms with E-state index in [0.717, 1.165) is 24.5 Å². The Morgan fingerprint density at radius 2 is 2.36 bits per heavy atom. The molecule has 0 fully saturated rings. The van der Waals surface area contributed by atoms with Gasteiger partial charge in [0.25, 0.3) is 0 Å². The zero-order valence-electron chi connectivity index (χ0n) is 6.33. The van der Waals surface area contributed by atoms with E-state index in [0.29, 0.717) is 0 Å². The van der Waals surface area contributed by atoms with Crippen LogP contribution in [-0.2, 0) is 6.54 Å². The maximum atomic E-state index is 4.16. The Kier molecular flexibility index (Phi) is 4.01. The predicted octanol–water partition coefficient (Wildman–Crippen LogP) is 1.10. The van der Waals surface area contributed by atoms with Crippen molar-refractivity contribution in [3.63, 3.8) is 0 Å². The highest BCUT2D eigenvalue weighted by atomic mass is 32.1. The van der Waals surface area contributed by atoms with Crippen molar-refractivity contribution in [2.45, 2.75) is 6.54 Å². The van der Waals surface area contributed by atoms with Crippen LogP contribution in [0.2, 0.25) is 0 Å². The molecule has 1 aromatic heterocycles. The molecule has 0 aromatic carbocycles. The summed E-state index contributed by atoms with van der Waals surface area (Å²) in [6.07, 6.45) is 1.80. The minimum absolute atomic E-state index is 0.835. The molecular weight excluding hydrogens is 156 g/mol. The van der Waals surface area contributed by atoms with E-state index >= 15 is 0 Å². The highest BCUT2D eigenvalue weighted by Gasteiger charge is 1.89. The van der Waals surface area contributed by atoms with Crippen LogP contribution < -0.4 is 5.32 Å². The van der Waals surface area contributed by atoms with Crippen LogP contribution in [0.15, 0.2) is 24.4 Å². The SMILES string of the molecule is SCCNCc1ccccn1. The second-order valence-corrected chi connectivity index (χ2v) is 2.67. The molecular formula is C8H12N2S. The Hall–Kier alpha value is -0.540. The molecule has 1 N–H and O–H groups in total. The van der Waals surface area contributed by atoms with Gasteiger partial charge in [-0.2, -0.15) is 12.6 Å². The minimum Gasteiger partial charge on any atom is -0.310 e. The molecule has 3 heteroatoms. The molecule has 60 valence electrons. The molecule has 0 aliphatic heterocycles. The highest BCUT2D eigenvalue weighted by molar-refractivity contribution is 7.80. The van der Waals surface area contributed by atoms with E-state index in [4.69, 9.17) is 0 Å². The van der Waals surface area contributed by atoms with Crippen LogP contribution in [0.5, 0.6) is 0 Å². The molecule has 0 aliphatic rings. The zero-order chi connectivity index (χ0) is 7.94. The fourth-order valence-corrected chi connectivity index (χ4v) is 0.956. The lowest BCUT2D eigenvalue weighted by Gasteiger charge is -2.00. The second kappa shape index (κ2) is 5.16. The molecule has 0 amide bonds.